The van der Waals surface area contributed by atoms with E-state index in [4.69, 9.17) is 9.47 Å². The van der Waals surface area contributed by atoms with Gasteiger partial charge in [-0.2, -0.15) is 0 Å². The number of aromatic nitrogens is 1. The average molecular weight is 448 g/mol. The van der Waals surface area contributed by atoms with Gasteiger partial charge in [-0.1, -0.05) is 6.07 Å². The lowest BCUT2D eigenvalue weighted by atomic mass is 9.84. The number of nitrogens with zero attached hydrogens (tertiary/aromatic N) is 1. The smallest absolute Gasteiger partial charge is 0.229 e. The summed E-state index contributed by atoms with van der Waals surface area (Å²) in [5.74, 6) is 0.351. The zero-order valence-electron chi connectivity index (χ0n) is 17.0. The number of pyridine rings is 1. The van der Waals surface area contributed by atoms with Gasteiger partial charge in [0.15, 0.2) is 0 Å². The summed E-state index contributed by atoms with van der Waals surface area (Å²) in [6, 6.07) is 10.6. The highest BCUT2D eigenvalue weighted by molar-refractivity contribution is 7.92. The number of hydrogen-bond donors (Lipinski definition) is 3. The van der Waals surface area contributed by atoms with Crippen LogP contribution >= 0.6 is 0 Å². The summed E-state index contributed by atoms with van der Waals surface area (Å²) >= 11 is 0. The molecule has 31 heavy (non-hydrogen) atoms. The lowest BCUT2D eigenvalue weighted by molar-refractivity contribution is -0.142. The average Bonchev–Trinajstić information content (AvgIpc) is 3.09. The van der Waals surface area contributed by atoms with E-state index in [-0.39, 0.29) is 31.0 Å². The Morgan fingerprint density at radius 3 is 2.84 bits per heavy atom. The standard InChI is InChI=1S/C21H25N3O6S/c1-31(27,28)24-13-5-6-18-16(8-13)17-9-15(29-19(12-25)21(17)30-18)10-20(26)23-11-14-4-2-3-7-22-14/h2-8,15,17,19,21,24-25H,9-12H2,1H3,(H,23,26)/t15-,17+,19-,21-/m0/s1. The molecule has 2 aliphatic heterocycles. The number of aliphatic hydroxyl groups is 1. The fraction of sp³-hybridized carbons (Fsp3) is 0.429. The number of carbonyl (C=O) groups is 1. The van der Waals surface area contributed by atoms with E-state index in [0.29, 0.717) is 24.4 Å². The quantitative estimate of drug-likeness (QED) is 0.581. The molecule has 166 valence electrons. The van der Waals surface area contributed by atoms with Crippen LogP contribution in [0.2, 0.25) is 0 Å². The molecule has 1 saturated heterocycles. The van der Waals surface area contributed by atoms with Crippen LogP contribution in [-0.2, 0) is 26.1 Å². The van der Waals surface area contributed by atoms with Gasteiger partial charge in [-0.25, -0.2) is 8.42 Å². The van der Waals surface area contributed by atoms with Gasteiger partial charge in [0.2, 0.25) is 15.9 Å². The molecular formula is C21H25N3O6S. The van der Waals surface area contributed by atoms with Crippen molar-refractivity contribution in [2.24, 2.45) is 0 Å². The number of sulfonamides is 1. The number of aliphatic hydroxyl groups excluding tert-OH is 1. The molecule has 0 radical (unpaired) electrons. The fourth-order valence-corrected chi connectivity index (χ4v) is 4.69. The third-order valence-corrected chi connectivity index (χ3v) is 6.01. The van der Waals surface area contributed by atoms with Crippen molar-refractivity contribution in [2.75, 3.05) is 17.6 Å². The molecule has 0 aliphatic carbocycles. The lowest BCUT2D eigenvalue weighted by Gasteiger charge is -2.37. The number of benzene rings is 1. The number of carbonyl (C=O) groups excluding carboxylic acids is 1. The maximum absolute atomic E-state index is 12.4. The van der Waals surface area contributed by atoms with Crippen LogP contribution in [0.15, 0.2) is 42.6 Å². The second-order valence-electron chi connectivity index (χ2n) is 7.83. The monoisotopic (exact) mass is 447 g/mol. The predicted octanol–water partition coefficient (Wildman–Crippen LogP) is 1.15. The van der Waals surface area contributed by atoms with Crippen molar-refractivity contribution >= 4 is 21.6 Å². The maximum Gasteiger partial charge on any atom is 0.229 e. The number of nitrogens with one attached hydrogen (secondary N) is 2. The molecule has 1 aromatic carbocycles. The molecule has 0 spiro atoms. The SMILES string of the molecule is CS(=O)(=O)Nc1ccc2c(c1)[C@H]1C[C@@H](CC(=O)NCc3ccccn3)O[C@@H](CO)[C@H]1O2. The molecule has 10 heteroatoms. The third kappa shape index (κ3) is 5.15. The Hall–Kier alpha value is -2.69. The first-order chi connectivity index (χ1) is 14.8. The Labute approximate surface area is 180 Å². The van der Waals surface area contributed by atoms with E-state index in [1.807, 2.05) is 18.2 Å². The van der Waals surface area contributed by atoms with Gasteiger partial charge in [-0.3, -0.25) is 14.5 Å². The van der Waals surface area contributed by atoms with E-state index in [2.05, 4.69) is 15.0 Å². The van der Waals surface area contributed by atoms with E-state index in [1.165, 1.54) is 0 Å². The van der Waals surface area contributed by atoms with Gasteiger partial charge in [0.1, 0.15) is 18.0 Å². The summed E-state index contributed by atoms with van der Waals surface area (Å²) in [5, 5.41) is 12.7. The molecule has 1 fully saturated rings. The highest BCUT2D eigenvalue weighted by Crippen LogP contribution is 2.47. The largest absolute Gasteiger partial charge is 0.487 e. The zero-order valence-corrected chi connectivity index (χ0v) is 17.8. The highest BCUT2D eigenvalue weighted by Gasteiger charge is 2.46. The van der Waals surface area contributed by atoms with Crippen LogP contribution in [0.5, 0.6) is 5.75 Å². The molecule has 3 heterocycles. The first-order valence-electron chi connectivity index (χ1n) is 10.0. The minimum absolute atomic E-state index is 0.115. The lowest BCUT2D eigenvalue weighted by Crippen LogP contribution is -2.47. The molecule has 9 nitrogen and oxygen atoms in total. The van der Waals surface area contributed by atoms with Crippen molar-refractivity contribution in [1.82, 2.24) is 10.3 Å². The van der Waals surface area contributed by atoms with Gasteiger partial charge in [0.25, 0.3) is 0 Å². The Morgan fingerprint density at radius 1 is 1.29 bits per heavy atom. The molecule has 1 aromatic heterocycles. The van der Waals surface area contributed by atoms with Gasteiger partial charge in [0.05, 0.1) is 37.6 Å². The van der Waals surface area contributed by atoms with Crippen molar-refractivity contribution in [3.63, 3.8) is 0 Å². The second kappa shape index (κ2) is 8.81. The normalized spacial score (nSPS) is 24.6. The molecular weight excluding hydrogens is 422 g/mol. The molecule has 4 atom stereocenters. The summed E-state index contributed by atoms with van der Waals surface area (Å²) in [7, 11) is -3.41. The van der Waals surface area contributed by atoms with Gasteiger partial charge in [-0.15, -0.1) is 0 Å². The molecule has 3 N–H and O–H groups in total. The molecule has 0 bridgehead atoms. The van der Waals surface area contributed by atoms with Crippen molar-refractivity contribution in [3.05, 3.63) is 53.9 Å². The van der Waals surface area contributed by atoms with Crippen molar-refractivity contribution in [2.45, 2.75) is 43.6 Å². The number of hydrogen-bond acceptors (Lipinski definition) is 7. The van der Waals surface area contributed by atoms with E-state index in [9.17, 15) is 18.3 Å². The first kappa shape index (κ1) is 21.5. The van der Waals surface area contributed by atoms with Crippen molar-refractivity contribution < 1.29 is 27.8 Å². The van der Waals surface area contributed by atoms with Gasteiger partial charge in [-0.05, 0) is 36.8 Å². The van der Waals surface area contributed by atoms with Crippen LogP contribution in [0, 0.1) is 0 Å². The number of amides is 1. The van der Waals surface area contributed by atoms with E-state index < -0.39 is 22.2 Å². The Morgan fingerprint density at radius 2 is 2.13 bits per heavy atom. The molecule has 0 saturated carbocycles. The summed E-state index contributed by atoms with van der Waals surface area (Å²) in [4.78, 5) is 16.6. The molecule has 1 amide bonds. The van der Waals surface area contributed by atoms with Crippen LogP contribution in [0.25, 0.3) is 0 Å². The van der Waals surface area contributed by atoms with E-state index in [0.717, 1.165) is 17.5 Å². The van der Waals surface area contributed by atoms with Gasteiger partial charge < -0.3 is 19.9 Å². The minimum atomic E-state index is -3.41. The van der Waals surface area contributed by atoms with Crippen LogP contribution in [0.3, 0.4) is 0 Å². The summed E-state index contributed by atoms with van der Waals surface area (Å²) in [5.41, 5.74) is 2.05. The van der Waals surface area contributed by atoms with Crippen LogP contribution < -0.4 is 14.8 Å². The number of rotatable bonds is 7. The van der Waals surface area contributed by atoms with Crippen LogP contribution in [0.4, 0.5) is 5.69 Å². The van der Waals surface area contributed by atoms with Gasteiger partial charge >= 0.3 is 0 Å². The Balaban J connectivity index is 1.45. The molecule has 0 unspecified atom stereocenters. The predicted molar refractivity (Wildman–Crippen MR) is 113 cm³/mol. The number of fused-ring (bicyclic) bond motifs is 3. The van der Waals surface area contributed by atoms with Crippen LogP contribution in [0.1, 0.15) is 30.0 Å². The maximum atomic E-state index is 12.4. The summed E-state index contributed by atoms with van der Waals surface area (Å²) in [6.45, 7) is 0.0873. The molecule has 2 aliphatic rings. The molecule has 2 aromatic rings. The van der Waals surface area contributed by atoms with Crippen molar-refractivity contribution in [3.8, 4) is 5.75 Å². The number of ether oxygens (including phenoxy) is 2. The second-order valence-corrected chi connectivity index (χ2v) is 9.58. The first-order valence-corrected chi connectivity index (χ1v) is 11.9. The van der Waals surface area contributed by atoms with Crippen molar-refractivity contribution in [1.29, 1.82) is 0 Å². The van der Waals surface area contributed by atoms with E-state index in [1.54, 1.807) is 24.4 Å². The number of anilines is 1. The third-order valence-electron chi connectivity index (χ3n) is 5.41. The summed E-state index contributed by atoms with van der Waals surface area (Å²) < 4.78 is 37.6. The fourth-order valence-electron chi connectivity index (χ4n) is 4.14. The highest BCUT2D eigenvalue weighted by atomic mass is 32.2. The van der Waals surface area contributed by atoms with Crippen LogP contribution in [-0.4, -0.2) is 55.6 Å². The topological polar surface area (TPSA) is 127 Å². The minimum Gasteiger partial charge on any atom is -0.487 e. The van der Waals surface area contributed by atoms with Gasteiger partial charge in [0, 0.05) is 23.4 Å². The Kier molecular flexibility index (Phi) is 6.12. The zero-order chi connectivity index (χ0) is 22.0. The molecule has 4 rings (SSSR count). The summed E-state index contributed by atoms with van der Waals surface area (Å²) in [6.07, 6.45) is 2.06. The Bertz CT molecular complexity index is 1050. The van der Waals surface area contributed by atoms with E-state index >= 15 is 0 Å².